The number of hydrogen-bond donors (Lipinski definition) is 2. The highest BCUT2D eigenvalue weighted by atomic mass is 16.6. The molecule has 2 N–H and O–H groups in total. The van der Waals surface area contributed by atoms with Crippen molar-refractivity contribution >= 4 is 11.9 Å². The number of nitrogens with one attached hydrogen (secondary N) is 2. The number of aryl methyl sites for hydroxylation is 1. The van der Waals surface area contributed by atoms with Gasteiger partial charge in [0.15, 0.2) is 0 Å². The number of carbonyl (C=O) groups excluding carboxylic acids is 2. The van der Waals surface area contributed by atoms with Gasteiger partial charge in [0.1, 0.15) is 18.1 Å². The predicted octanol–water partition coefficient (Wildman–Crippen LogP) is 2.48. The smallest absolute Gasteiger partial charge is 0.340 e. The zero-order valence-electron chi connectivity index (χ0n) is 18.5. The number of rotatable bonds is 10. The van der Waals surface area contributed by atoms with Crippen LogP contribution < -0.4 is 10.1 Å². The molecule has 8 heteroatoms. The van der Waals surface area contributed by atoms with Gasteiger partial charge >= 0.3 is 5.97 Å². The number of ether oxygens (including phenoxy) is 3. The molecular formula is C22H31N3O5. The first-order chi connectivity index (χ1) is 14.3. The SMILES string of the molecule is COCCOC(=O)c1c(C)[nH]c(C(=O)NCC(c2ccccc2OC)N(C)C)c1C. The van der Waals surface area contributed by atoms with Gasteiger partial charge in [-0.05, 0) is 39.6 Å². The summed E-state index contributed by atoms with van der Waals surface area (Å²) in [4.78, 5) is 30.3. The highest BCUT2D eigenvalue weighted by Gasteiger charge is 2.24. The molecule has 164 valence electrons. The van der Waals surface area contributed by atoms with Gasteiger partial charge in [0.25, 0.3) is 5.91 Å². The van der Waals surface area contributed by atoms with Crippen LogP contribution in [0.15, 0.2) is 24.3 Å². The molecule has 0 radical (unpaired) electrons. The van der Waals surface area contributed by atoms with Gasteiger partial charge in [-0.3, -0.25) is 4.79 Å². The third kappa shape index (κ3) is 5.40. The number of amides is 1. The summed E-state index contributed by atoms with van der Waals surface area (Å²) in [6.45, 7) is 4.32. The number of hydrogen-bond acceptors (Lipinski definition) is 6. The van der Waals surface area contributed by atoms with E-state index >= 15 is 0 Å². The normalized spacial score (nSPS) is 12.0. The molecule has 0 saturated carbocycles. The van der Waals surface area contributed by atoms with Gasteiger partial charge in [0.2, 0.25) is 0 Å². The zero-order valence-corrected chi connectivity index (χ0v) is 18.5. The lowest BCUT2D eigenvalue weighted by molar-refractivity contribution is 0.0387. The van der Waals surface area contributed by atoms with E-state index < -0.39 is 5.97 Å². The second-order valence-electron chi connectivity index (χ2n) is 7.19. The van der Waals surface area contributed by atoms with Gasteiger partial charge in [0, 0.05) is 24.9 Å². The molecule has 1 aromatic carbocycles. The van der Waals surface area contributed by atoms with Crippen LogP contribution in [-0.2, 0) is 9.47 Å². The maximum atomic E-state index is 12.9. The molecule has 0 spiro atoms. The van der Waals surface area contributed by atoms with E-state index in [9.17, 15) is 9.59 Å². The van der Waals surface area contributed by atoms with E-state index in [0.29, 0.717) is 35.7 Å². The van der Waals surface area contributed by atoms with Crippen molar-refractivity contribution in [3.05, 3.63) is 52.3 Å². The van der Waals surface area contributed by atoms with Gasteiger partial charge in [0.05, 0.1) is 25.3 Å². The second kappa shape index (κ2) is 10.8. The summed E-state index contributed by atoms with van der Waals surface area (Å²) in [7, 11) is 7.06. The summed E-state index contributed by atoms with van der Waals surface area (Å²) in [5.74, 6) is 0.00395. The van der Waals surface area contributed by atoms with E-state index in [1.807, 2.05) is 43.3 Å². The first-order valence-electron chi connectivity index (χ1n) is 9.74. The Morgan fingerprint density at radius 3 is 2.47 bits per heavy atom. The number of aromatic amines is 1. The molecule has 1 atom stereocenters. The van der Waals surface area contributed by atoms with Gasteiger partial charge in [-0.1, -0.05) is 18.2 Å². The second-order valence-corrected chi connectivity index (χ2v) is 7.19. The first-order valence-corrected chi connectivity index (χ1v) is 9.74. The molecule has 0 aliphatic carbocycles. The fourth-order valence-electron chi connectivity index (χ4n) is 3.36. The number of likely N-dealkylation sites (N-methyl/N-ethyl adjacent to an activating group) is 1. The van der Waals surface area contributed by atoms with Crippen molar-refractivity contribution in [2.24, 2.45) is 0 Å². The highest BCUT2D eigenvalue weighted by Crippen LogP contribution is 2.27. The number of aromatic nitrogens is 1. The van der Waals surface area contributed by atoms with Crippen molar-refractivity contribution in [3.8, 4) is 5.75 Å². The van der Waals surface area contributed by atoms with Gasteiger partial charge in [-0.25, -0.2) is 4.79 Å². The van der Waals surface area contributed by atoms with Crippen LogP contribution in [0.2, 0.25) is 0 Å². The lowest BCUT2D eigenvalue weighted by Crippen LogP contribution is -2.35. The summed E-state index contributed by atoms with van der Waals surface area (Å²) in [5, 5.41) is 2.96. The van der Waals surface area contributed by atoms with E-state index in [1.165, 1.54) is 7.11 Å². The van der Waals surface area contributed by atoms with Crippen LogP contribution in [0.5, 0.6) is 5.75 Å². The lowest BCUT2D eigenvalue weighted by Gasteiger charge is -2.26. The van der Waals surface area contributed by atoms with Crippen LogP contribution in [0.3, 0.4) is 0 Å². The first kappa shape index (κ1) is 23.4. The average Bonchev–Trinajstić information content (AvgIpc) is 3.02. The molecule has 8 nitrogen and oxygen atoms in total. The number of methoxy groups -OCH3 is 2. The van der Waals surface area contributed by atoms with Crippen molar-refractivity contribution in [1.29, 1.82) is 0 Å². The van der Waals surface area contributed by atoms with Gasteiger partial charge in [-0.2, -0.15) is 0 Å². The number of nitrogens with zero attached hydrogens (tertiary/aromatic N) is 1. The number of carbonyl (C=O) groups is 2. The molecule has 0 bridgehead atoms. The molecule has 1 amide bonds. The maximum Gasteiger partial charge on any atom is 0.340 e. The van der Waals surface area contributed by atoms with Crippen molar-refractivity contribution in [2.75, 3.05) is 48.1 Å². The van der Waals surface area contributed by atoms with Crippen molar-refractivity contribution in [2.45, 2.75) is 19.9 Å². The van der Waals surface area contributed by atoms with Crippen LogP contribution in [0.25, 0.3) is 0 Å². The molecule has 1 unspecified atom stereocenters. The van der Waals surface area contributed by atoms with Crippen molar-refractivity contribution in [1.82, 2.24) is 15.2 Å². The standard InChI is InChI=1S/C22H31N3O5/c1-14-19(22(27)30-12-11-28-5)15(2)24-20(14)21(26)23-13-17(25(3)4)16-9-7-8-10-18(16)29-6/h7-10,17,24H,11-13H2,1-6H3,(H,23,26). The van der Waals surface area contributed by atoms with Gasteiger partial charge < -0.3 is 29.4 Å². The van der Waals surface area contributed by atoms with Crippen LogP contribution >= 0.6 is 0 Å². The fraction of sp³-hybridized carbons (Fsp3) is 0.455. The third-order valence-corrected chi connectivity index (χ3v) is 4.97. The van der Waals surface area contributed by atoms with Crippen LogP contribution in [0.4, 0.5) is 0 Å². The van der Waals surface area contributed by atoms with E-state index in [2.05, 4.69) is 10.3 Å². The number of benzene rings is 1. The lowest BCUT2D eigenvalue weighted by atomic mass is 10.0. The Morgan fingerprint density at radius 2 is 1.83 bits per heavy atom. The largest absolute Gasteiger partial charge is 0.496 e. The minimum absolute atomic E-state index is 0.0834. The van der Waals surface area contributed by atoms with E-state index in [-0.39, 0.29) is 18.6 Å². The molecule has 0 fully saturated rings. The van der Waals surface area contributed by atoms with E-state index in [0.717, 1.165) is 11.3 Å². The Hall–Kier alpha value is -2.84. The molecular weight excluding hydrogens is 386 g/mol. The minimum Gasteiger partial charge on any atom is -0.496 e. The maximum absolute atomic E-state index is 12.9. The van der Waals surface area contributed by atoms with Crippen molar-refractivity contribution in [3.63, 3.8) is 0 Å². The van der Waals surface area contributed by atoms with Crippen LogP contribution in [0, 0.1) is 13.8 Å². The number of H-pyrrole nitrogens is 1. The predicted molar refractivity (Wildman–Crippen MR) is 114 cm³/mol. The third-order valence-electron chi connectivity index (χ3n) is 4.97. The summed E-state index contributed by atoms with van der Waals surface area (Å²) < 4.78 is 15.6. The summed E-state index contributed by atoms with van der Waals surface area (Å²) in [5.41, 5.74) is 2.86. The number of esters is 1. The zero-order chi connectivity index (χ0) is 22.3. The van der Waals surface area contributed by atoms with Gasteiger partial charge in [-0.15, -0.1) is 0 Å². The average molecular weight is 418 g/mol. The molecule has 2 aromatic rings. The summed E-state index contributed by atoms with van der Waals surface area (Å²) >= 11 is 0. The van der Waals surface area contributed by atoms with Crippen molar-refractivity contribution < 1.29 is 23.8 Å². The Kier molecular flexibility index (Phi) is 8.44. The molecule has 1 aromatic heterocycles. The minimum atomic E-state index is -0.475. The Labute approximate surface area is 177 Å². The summed E-state index contributed by atoms with van der Waals surface area (Å²) in [6.07, 6.45) is 0. The molecule has 0 saturated heterocycles. The van der Waals surface area contributed by atoms with Crippen LogP contribution in [0.1, 0.15) is 43.7 Å². The van der Waals surface area contributed by atoms with E-state index in [1.54, 1.807) is 21.0 Å². The molecule has 1 heterocycles. The quantitative estimate of drug-likeness (QED) is 0.456. The Morgan fingerprint density at radius 1 is 1.13 bits per heavy atom. The molecule has 0 aliphatic rings. The van der Waals surface area contributed by atoms with Crippen LogP contribution in [-0.4, -0.2) is 69.8 Å². The molecule has 2 rings (SSSR count). The highest BCUT2D eigenvalue weighted by molar-refractivity contribution is 6.00. The Balaban J connectivity index is 2.15. The Bertz CT molecular complexity index is 876. The monoisotopic (exact) mass is 417 g/mol. The molecule has 30 heavy (non-hydrogen) atoms. The number of para-hydroxylation sites is 1. The molecule has 0 aliphatic heterocycles. The van der Waals surface area contributed by atoms with E-state index in [4.69, 9.17) is 14.2 Å². The fourth-order valence-corrected chi connectivity index (χ4v) is 3.36. The summed E-state index contributed by atoms with van der Waals surface area (Å²) in [6, 6.07) is 7.64. The topological polar surface area (TPSA) is 92.9 Å².